The van der Waals surface area contributed by atoms with Gasteiger partial charge in [0.2, 0.25) is 0 Å². The van der Waals surface area contributed by atoms with E-state index in [4.69, 9.17) is 0 Å². The molecule has 0 aliphatic heterocycles. The molecule has 0 amide bonds. The molecule has 0 heterocycles. The third kappa shape index (κ3) is 3.14. The van der Waals surface area contributed by atoms with Crippen molar-refractivity contribution in [2.75, 3.05) is 7.11 Å². The van der Waals surface area contributed by atoms with E-state index in [9.17, 15) is 14.9 Å². The Bertz CT molecular complexity index is 454. The number of esters is 1. The van der Waals surface area contributed by atoms with Gasteiger partial charge in [0.05, 0.1) is 17.6 Å². The summed E-state index contributed by atoms with van der Waals surface area (Å²) < 4.78 is 4.62. The molecule has 0 unspecified atom stereocenters. The van der Waals surface area contributed by atoms with Crippen LogP contribution < -0.4 is 0 Å². The van der Waals surface area contributed by atoms with Gasteiger partial charge in [-0.05, 0) is 24.5 Å². The van der Waals surface area contributed by atoms with Crippen LogP contribution in [-0.4, -0.2) is 18.0 Å². The minimum absolute atomic E-state index is 0.0308. The third-order valence-electron chi connectivity index (χ3n) is 2.32. The van der Waals surface area contributed by atoms with Gasteiger partial charge in [0.15, 0.2) is 0 Å². The van der Waals surface area contributed by atoms with Crippen LogP contribution in [0.2, 0.25) is 0 Å². The minimum Gasteiger partial charge on any atom is -0.465 e. The first-order valence-electron chi connectivity index (χ1n) is 5.06. The molecule has 0 N–H and O–H groups in total. The summed E-state index contributed by atoms with van der Waals surface area (Å²) in [6, 6.07) is 4.11. The van der Waals surface area contributed by atoms with Gasteiger partial charge in [-0.25, -0.2) is 4.79 Å². The Morgan fingerprint density at radius 2 is 2.29 bits per heavy atom. The lowest BCUT2D eigenvalue weighted by atomic mass is 10.0. The zero-order chi connectivity index (χ0) is 12.8. The number of allylic oxidation sites excluding steroid dienone is 1. The molecule has 0 fully saturated rings. The fraction of sp³-hybridized carbons (Fsp3) is 0.250. The van der Waals surface area contributed by atoms with E-state index in [1.165, 1.54) is 25.3 Å². The number of benzene rings is 1. The maximum Gasteiger partial charge on any atom is 0.338 e. The predicted octanol–water partition coefficient (Wildman–Crippen LogP) is 2.50. The Kier molecular flexibility index (Phi) is 4.39. The molecule has 1 rings (SSSR count). The Morgan fingerprint density at radius 3 is 2.82 bits per heavy atom. The SMILES string of the molecule is C=CCCc1cc([N+](=O)[O-])ccc1C(=O)OC. The number of nitro benzene ring substituents is 1. The van der Waals surface area contributed by atoms with E-state index in [-0.39, 0.29) is 5.69 Å². The zero-order valence-corrected chi connectivity index (χ0v) is 9.51. The Balaban J connectivity index is 3.15. The number of ether oxygens (including phenoxy) is 1. The summed E-state index contributed by atoms with van der Waals surface area (Å²) in [5.41, 5.74) is 0.933. The number of hydrogen-bond donors (Lipinski definition) is 0. The average molecular weight is 235 g/mol. The molecule has 0 bridgehead atoms. The molecule has 0 atom stereocenters. The van der Waals surface area contributed by atoms with Gasteiger partial charge in [0, 0.05) is 12.1 Å². The van der Waals surface area contributed by atoms with Gasteiger partial charge in [-0.2, -0.15) is 0 Å². The van der Waals surface area contributed by atoms with Crippen LogP contribution in [0.5, 0.6) is 0 Å². The molecule has 0 aliphatic rings. The Labute approximate surface area is 98.9 Å². The molecule has 1 aromatic rings. The van der Waals surface area contributed by atoms with Gasteiger partial charge in [-0.3, -0.25) is 10.1 Å². The zero-order valence-electron chi connectivity index (χ0n) is 9.51. The van der Waals surface area contributed by atoms with E-state index in [1.54, 1.807) is 6.08 Å². The standard InChI is InChI=1S/C12H13NO4/c1-3-4-5-9-8-10(13(15)16)6-7-11(9)12(14)17-2/h3,6-8H,1,4-5H2,2H3. The summed E-state index contributed by atoms with van der Waals surface area (Å²) in [4.78, 5) is 21.6. The molecule has 0 aromatic heterocycles. The van der Waals surface area contributed by atoms with Crippen LogP contribution >= 0.6 is 0 Å². The highest BCUT2D eigenvalue weighted by molar-refractivity contribution is 5.91. The molecule has 0 saturated carbocycles. The lowest BCUT2D eigenvalue weighted by molar-refractivity contribution is -0.384. The van der Waals surface area contributed by atoms with Gasteiger partial charge >= 0.3 is 5.97 Å². The summed E-state index contributed by atoms with van der Waals surface area (Å²) in [6.45, 7) is 3.58. The molecule has 90 valence electrons. The van der Waals surface area contributed by atoms with Gasteiger partial charge in [0.1, 0.15) is 0 Å². The number of non-ortho nitro benzene ring substituents is 1. The van der Waals surface area contributed by atoms with E-state index >= 15 is 0 Å². The van der Waals surface area contributed by atoms with Gasteiger partial charge in [0.25, 0.3) is 5.69 Å². The van der Waals surface area contributed by atoms with Crippen LogP contribution in [0, 0.1) is 10.1 Å². The fourth-order valence-corrected chi connectivity index (χ4v) is 1.47. The van der Waals surface area contributed by atoms with Gasteiger partial charge in [-0.15, -0.1) is 6.58 Å². The van der Waals surface area contributed by atoms with Crippen LogP contribution in [0.3, 0.4) is 0 Å². The highest BCUT2D eigenvalue weighted by atomic mass is 16.6. The van der Waals surface area contributed by atoms with Crippen molar-refractivity contribution in [2.24, 2.45) is 0 Å². The first-order valence-corrected chi connectivity index (χ1v) is 5.06. The molecule has 0 radical (unpaired) electrons. The Hall–Kier alpha value is -2.17. The van der Waals surface area contributed by atoms with Crippen LogP contribution in [0.4, 0.5) is 5.69 Å². The van der Waals surface area contributed by atoms with Crippen molar-refractivity contribution in [3.63, 3.8) is 0 Å². The largest absolute Gasteiger partial charge is 0.465 e. The van der Waals surface area contributed by atoms with Crippen molar-refractivity contribution in [3.05, 3.63) is 52.1 Å². The lowest BCUT2D eigenvalue weighted by Crippen LogP contribution is -2.06. The number of nitrogens with zero attached hydrogens (tertiary/aromatic N) is 1. The monoisotopic (exact) mass is 235 g/mol. The van der Waals surface area contributed by atoms with E-state index in [0.717, 1.165) is 0 Å². The molecule has 5 heteroatoms. The normalized spacial score (nSPS) is 9.71. The summed E-state index contributed by atoms with van der Waals surface area (Å²) in [6.07, 6.45) is 2.86. The number of nitro groups is 1. The van der Waals surface area contributed by atoms with Crippen LogP contribution in [0.25, 0.3) is 0 Å². The second-order valence-corrected chi connectivity index (χ2v) is 3.42. The second kappa shape index (κ2) is 5.79. The lowest BCUT2D eigenvalue weighted by Gasteiger charge is -2.06. The highest BCUT2D eigenvalue weighted by Crippen LogP contribution is 2.20. The molecule has 0 spiro atoms. The summed E-state index contributed by atoms with van der Waals surface area (Å²) in [5.74, 6) is -0.487. The first kappa shape index (κ1) is 12.9. The number of carbonyl (C=O) groups is 1. The van der Waals surface area contributed by atoms with Gasteiger partial charge < -0.3 is 4.74 Å². The molecule has 17 heavy (non-hydrogen) atoms. The summed E-state index contributed by atoms with van der Waals surface area (Å²) in [7, 11) is 1.28. The van der Waals surface area contributed by atoms with Crippen molar-refractivity contribution in [3.8, 4) is 0 Å². The number of hydrogen-bond acceptors (Lipinski definition) is 4. The van der Waals surface area contributed by atoms with Crippen LogP contribution in [-0.2, 0) is 11.2 Å². The minimum atomic E-state index is -0.488. The number of carbonyl (C=O) groups excluding carboxylic acids is 1. The van der Waals surface area contributed by atoms with E-state index in [2.05, 4.69) is 11.3 Å². The maximum atomic E-state index is 11.5. The quantitative estimate of drug-likeness (QED) is 0.340. The second-order valence-electron chi connectivity index (χ2n) is 3.42. The maximum absolute atomic E-state index is 11.5. The molecular weight excluding hydrogens is 222 g/mol. The van der Waals surface area contributed by atoms with Crippen LogP contribution in [0.1, 0.15) is 22.3 Å². The number of methoxy groups -OCH3 is 1. The van der Waals surface area contributed by atoms with Crippen molar-refractivity contribution in [1.29, 1.82) is 0 Å². The molecule has 5 nitrogen and oxygen atoms in total. The first-order chi connectivity index (χ1) is 8.10. The smallest absolute Gasteiger partial charge is 0.338 e. The van der Waals surface area contributed by atoms with Crippen molar-refractivity contribution >= 4 is 11.7 Å². The van der Waals surface area contributed by atoms with Crippen molar-refractivity contribution in [1.82, 2.24) is 0 Å². The van der Waals surface area contributed by atoms with Crippen LogP contribution in [0.15, 0.2) is 30.9 Å². The molecule has 0 aliphatic carbocycles. The summed E-state index contributed by atoms with van der Waals surface area (Å²) in [5, 5.41) is 10.6. The third-order valence-corrected chi connectivity index (χ3v) is 2.32. The van der Waals surface area contributed by atoms with Crippen molar-refractivity contribution < 1.29 is 14.5 Å². The fourth-order valence-electron chi connectivity index (χ4n) is 1.47. The molecule has 1 aromatic carbocycles. The molecular formula is C12H13NO4. The topological polar surface area (TPSA) is 69.4 Å². The van der Waals surface area contributed by atoms with E-state index in [1.807, 2.05) is 0 Å². The summed E-state index contributed by atoms with van der Waals surface area (Å²) >= 11 is 0. The van der Waals surface area contributed by atoms with Crippen molar-refractivity contribution in [2.45, 2.75) is 12.8 Å². The Morgan fingerprint density at radius 1 is 1.59 bits per heavy atom. The average Bonchev–Trinajstić information content (AvgIpc) is 2.34. The predicted molar refractivity (Wildman–Crippen MR) is 63.0 cm³/mol. The highest BCUT2D eigenvalue weighted by Gasteiger charge is 2.15. The number of rotatable bonds is 5. The van der Waals surface area contributed by atoms with E-state index < -0.39 is 10.9 Å². The number of aryl methyl sites for hydroxylation is 1. The molecule has 0 saturated heterocycles. The van der Waals surface area contributed by atoms with E-state index in [0.29, 0.717) is 24.0 Å². The van der Waals surface area contributed by atoms with Gasteiger partial charge in [-0.1, -0.05) is 6.08 Å².